The zero-order valence-electron chi connectivity index (χ0n) is 45.5. The second-order valence-electron chi connectivity index (χ2n) is 21.7. The molecule has 8 atom stereocenters. The highest BCUT2D eigenvalue weighted by atomic mass is 16.6. The second kappa shape index (κ2) is 26.1. The zero-order chi connectivity index (χ0) is 55.4. The molecule has 0 radical (unpaired) electrons. The number of likely N-dealkylation sites (tertiary alicyclic amines) is 1. The van der Waals surface area contributed by atoms with Gasteiger partial charge < -0.3 is 39.4 Å². The minimum absolute atomic E-state index is 0.122. The topological polar surface area (TPSA) is 210 Å². The van der Waals surface area contributed by atoms with Crippen LogP contribution < -0.4 is 10.6 Å². The summed E-state index contributed by atoms with van der Waals surface area (Å²) in [6.45, 7) is 13.6. The van der Waals surface area contributed by atoms with E-state index < -0.39 is 71.3 Å². The van der Waals surface area contributed by atoms with Crippen molar-refractivity contribution >= 4 is 47.8 Å². The number of esters is 2. The Bertz CT molecular complexity index is 2550. The standard InChI is InChI=1S/C31H41N3O6.C29H37N3O6/c1-4-7-8-9-10-11-16-27(35)34-21-25(40-30(38)33-19-22-14-12-13-15-23(22)20-33)17-26(34)28(36)32-31(18-24(31)5-2)29(37)39-6-3;1-2-37-27(35)29-16-22(29)13-7-5-3-4-6-8-14-25(33)32-19-23(15-24(32)26(34)30-29)38-28(36)31-17-20-11-9-10-12-21(20)18-31/h4-5,12-15,24-26H,1-2,6-11,16-21H2,3H3,(H,32,36);7,9-13,22-24H,2-6,8,14-19H2,1H3,(H,30,34)/b;13-7-/t24-,25-,26+,31-;22-,23-,24+,29-/m11/s1. The Hall–Kier alpha value is -6.98. The molecule has 78 heavy (non-hydrogen) atoms. The number of nitrogens with one attached hydrogen (secondary N) is 2. The maximum Gasteiger partial charge on any atom is 0.410 e. The van der Waals surface area contributed by atoms with Gasteiger partial charge in [0.15, 0.2) is 0 Å². The van der Waals surface area contributed by atoms with E-state index in [4.69, 9.17) is 18.9 Å². The number of nitrogens with zero attached hydrogens (tertiary/aromatic N) is 4. The SMILES string of the molecule is C=CCCCCCCC(=O)N1C[C@H](OC(=O)N2Cc3ccccc3C2)C[C@H]1C(=O)N[C@]1(C(=O)OCC)C[C@H]1C=C.CCOC(=O)[C@@]12C[C@H]1/C=C\CCCCCCC(=O)N1C[C@H](OC(=O)N3Cc4ccccc4C3)C[C@H]1C(=O)N2. The van der Waals surface area contributed by atoms with Crippen LogP contribution in [0.2, 0.25) is 0 Å². The first-order valence-electron chi connectivity index (χ1n) is 28.3. The van der Waals surface area contributed by atoms with E-state index in [0.29, 0.717) is 58.3 Å². The van der Waals surface area contributed by atoms with Crippen molar-refractivity contribution in [3.8, 4) is 0 Å². The Morgan fingerprint density at radius 2 is 1.32 bits per heavy atom. The molecule has 2 aromatic carbocycles. The van der Waals surface area contributed by atoms with Crippen LogP contribution in [0.3, 0.4) is 0 Å². The number of hydrogen-bond acceptors (Lipinski definition) is 12. The number of ether oxygens (including phenoxy) is 4. The van der Waals surface area contributed by atoms with Crippen molar-refractivity contribution in [2.45, 2.75) is 178 Å². The van der Waals surface area contributed by atoms with Crippen molar-refractivity contribution in [3.63, 3.8) is 0 Å². The molecule has 2 aromatic rings. The van der Waals surface area contributed by atoms with Gasteiger partial charge in [0, 0.05) is 63.7 Å². The lowest BCUT2D eigenvalue weighted by Crippen LogP contribution is -2.53. The number of unbranched alkanes of at least 4 members (excludes halogenated alkanes) is 4. The first kappa shape index (κ1) is 57.2. The van der Waals surface area contributed by atoms with Gasteiger partial charge in [0.25, 0.3) is 0 Å². The summed E-state index contributed by atoms with van der Waals surface area (Å²) in [5, 5.41) is 5.82. The van der Waals surface area contributed by atoms with Gasteiger partial charge >= 0.3 is 24.1 Å². The molecule has 9 rings (SSSR count). The summed E-state index contributed by atoms with van der Waals surface area (Å²) in [4.78, 5) is 112. The monoisotopic (exact) mass is 1070 g/mol. The van der Waals surface area contributed by atoms with Crippen LogP contribution in [-0.4, -0.2) is 129 Å². The summed E-state index contributed by atoms with van der Waals surface area (Å²) >= 11 is 0. The van der Waals surface area contributed by atoms with Gasteiger partial charge in [-0.2, -0.15) is 0 Å². The largest absolute Gasteiger partial charge is 0.464 e. The van der Waals surface area contributed by atoms with Gasteiger partial charge in [-0.05, 0) is 87.5 Å². The molecule has 0 spiro atoms. The lowest BCUT2D eigenvalue weighted by Gasteiger charge is -2.26. The van der Waals surface area contributed by atoms with E-state index in [1.54, 1.807) is 29.7 Å². The Morgan fingerprint density at radius 3 is 1.91 bits per heavy atom. The molecule has 2 aliphatic carbocycles. The number of fused-ring (bicyclic) bond motifs is 4. The average molecular weight is 1080 g/mol. The Balaban J connectivity index is 0.000000206. The van der Waals surface area contributed by atoms with Gasteiger partial charge in [0.1, 0.15) is 35.4 Å². The minimum Gasteiger partial charge on any atom is -0.464 e. The Morgan fingerprint density at radius 1 is 0.731 bits per heavy atom. The fraction of sp³-hybridized carbons (Fsp3) is 0.567. The van der Waals surface area contributed by atoms with Gasteiger partial charge in [-0.25, -0.2) is 19.2 Å². The lowest BCUT2D eigenvalue weighted by molar-refractivity contribution is -0.150. The van der Waals surface area contributed by atoms with E-state index in [-0.39, 0.29) is 62.8 Å². The number of rotatable bonds is 16. The summed E-state index contributed by atoms with van der Waals surface area (Å²) < 4.78 is 22.2. The smallest absolute Gasteiger partial charge is 0.410 e. The number of carbonyl (C=O) groups is 8. The van der Waals surface area contributed by atoms with Crippen LogP contribution in [0.4, 0.5) is 9.59 Å². The van der Waals surface area contributed by atoms with E-state index >= 15 is 0 Å². The molecule has 6 amide bonds. The highest BCUT2D eigenvalue weighted by Gasteiger charge is 2.63. The quantitative estimate of drug-likeness (QED) is 0.0717. The van der Waals surface area contributed by atoms with Crippen molar-refractivity contribution in [3.05, 3.63) is 108 Å². The molecule has 0 aromatic heterocycles. The molecule has 0 unspecified atom stereocenters. The van der Waals surface area contributed by atoms with E-state index in [1.165, 1.54) is 9.80 Å². The molecule has 5 heterocycles. The van der Waals surface area contributed by atoms with Gasteiger partial charge in [0.05, 0.1) is 26.3 Å². The Labute approximate surface area is 458 Å². The summed E-state index contributed by atoms with van der Waals surface area (Å²) in [6, 6.07) is 14.1. The summed E-state index contributed by atoms with van der Waals surface area (Å²) in [6.07, 6.45) is 16.6. The first-order valence-corrected chi connectivity index (χ1v) is 28.3. The third-order valence-electron chi connectivity index (χ3n) is 16.2. The normalized spacial score (nSPS) is 27.4. The van der Waals surface area contributed by atoms with Crippen LogP contribution in [0.15, 0.2) is 86.0 Å². The van der Waals surface area contributed by atoms with Crippen LogP contribution in [0.5, 0.6) is 0 Å². The number of carbonyl (C=O) groups excluding carboxylic acids is 8. The molecule has 5 aliphatic heterocycles. The molecule has 2 N–H and O–H groups in total. The van der Waals surface area contributed by atoms with Crippen molar-refractivity contribution in [1.29, 1.82) is 0 Å². The lowest BCUT2D eigenvalue weighted by atomic mass is 10.1. The molecule has 2 saturated heterocycles. The first-order chi connectivity index (χ1) is 37.7. The fourth-order valence-electron chi connectivity index (χ4n) is 11.6. The van der Waals surface area contributed by atoms with Gasteiger partial charge in [-0.3, -0.25) is 29.0 Å². The molecule has 420 valence electrons. The van der Waals surface area contributed by atoms with Crippen LogP contribution >= 0.6 is 0 Å². The minimum atomic E-state index is -1.16. The maximum atomic E-state index is 13.6. The van der Waals surface area contributed by atoms with E-state index in [0.717, 1.165) is 80.0 Å². The van der Waals surface area contributed by atoms with Crippen LogP contribution in [0.1, 0.15) is 139 Å². The molecule has 18 heteroatoms. The highest BCUT2D eigenvalue weighted by molar-refractivity contribution is 5.96. The zero-order valence-corrected chi connectivity index (χ0v) is 45.5. The van der Waals surface area contributed by atoms with E-state index in [1.807, 2.05) is 60.7 Å². The van der Waals surface area contributed by atoms with Crippen LogP contribution in [0.25, 0.3) is 0 Å². The van der Waals surface area contributed by atoms with Gasteiger partial charge in [-0.1, -0.05) is 98.5 Å². The molecular formula is C60H78N6O12. The Kier molecular flexibility index (Phi) is 19.2. The molecule has 18 nitrogen and oxygen atoms in total. The third-order valence-corrected chi connectivity index (χ3v) is 16.2. The summed E-state index contributed by atoms with van der Waals surface area (Å²) in [5.74, 6) is -2.43. The summed E-state index contributed by atoms with van der Waals surface area (Å²) in [7, 11) is 0. The van der Waals surface area contributed by atoms with Crippen molar-refractivity contribution in [1.82, 2.24) is 30.2 Å². The van der Waals surface area contributed by atoms with Gasteiger partial charge in [-0.15, -0.1) is 13.2 Å². The molecule has 2 saturated carbocycles. The number of allylic oxidation sites excluding steroid dienone is 2. The van der Waals surface area contributed by atoms with Crippen LogP contribution in [0, 0.1) is 11.8 Å². The second-order valence-corrected chi connectivity index (χ2v) is 21.7. The average Bonchev–Trinajstić information content (AvgIpc) is 3.88. The number of amides is 6. The van der Waals surface area contributed by atoms with Gasteiger partial charge in [0.2, 0.25) is 23.6 Å². The van der Waals surface area contributed by atoms with Crippen molar-refractivity contribution in [2.24, 2.45) is 11.8 Å². The maximum absolute atomic E-state index is 13.6. The van der Waals surface area contributed by atoms with E-state index in [9.17, 15) is 38.4 Å². The molecule has 7 aliphatic rings. The third kappa shape index (κ3) is 13.5. The number of hydrogen-bond donors (Lipinski definition) is 2. The predicted molar refractivity (Wildman–Crippen MR) is 288 cm³/mol. The molecular weight excluding hydrogens is 997 g/mol. The predicted octanol–water partition coefficient (Wildman–Crippen LogP) is 7.72. The van der Waals surface area contributed by atoms with Crippen LogP contribution in [-0.2, 0) is 73.9 Å². The fourth-order valence-corrected chi connectivity index (χ4v) is 11.6. The summed E-state index contributed by atoms with van der Waals surface area (Å²) in [5.41, 5.74) is 2.09. The van der Waals surface area contributed by atoms with Crippen molar-refractivity contribution in [2.75, 3.05) is 26.3 Å². The number of benzene rings is 2. The molecule has 0 bridgehead atoms. The molecule has 4 fully saturated rings. The highest BCUT2D eigenvalue weighted by Crippen LogP contribution is 2.47. The van der Waals surface area contributed by atoms with Crippen molar-refractivity contribution < 1.29 is 57.3 Å². The van der Waals surface area contributed by atoms with E-state index in [2.05, 4.69) is 29.9 Å².